The van der Waals surface area contributed by atoms with Crippen molar-refractivity contribution in [3.63, 3.8) is 0 Å². The molecule has 244 valence electrons. The fourth-order valence-corrected chi connectivity index (χ4v) is 10.7. The van der Waals surface area contributed by atoms with Gasteiger partial charge < -0.3 is 35.2 Å². The zero-order valence-electron chi connectivity index (χ0n) is 26.7. The highest BCUT2D eigenvalue weighted by atomic mass is 28.4. The molecule has 0 aliphatic carbocycles. The van der Waals surface area contributed by atoms with E-state index in [1.165, 1.54) is 0 Å². The van der Waals surface area contributed by atoms with Gasteiger partial charge in [-0.15, -0.1) is 0 Å². The summed E-state index contributed by atoms with van der Waals surface area (Å²) in [5.41, 5.74) is 3.80. The van der Waals surface area contributed by atoms with Crippen molar-refractivity contribution in [2.75, 3.05) is 17.2 Å². The molecule has 1 aromatic heterocycles. The number of aliphatic hydroxyl groups excluding tert-OH is 1. The minimum atomic E-state index is -2.99. The summed E-state index contributed by atoms with van der Waals surface area (Å²) in [6.45, 7) is 5.75. The van der Waals surface area contributed by atoms with E-state index in [0.717, 1.165) is 27.6 Å². The van der Waals surface area contributed by atoms with Gasteiger partial charge in [0.1, 0.15) is 0 Å². The highest BCUT2D eigenvalue weighted by Crippen LogP contribution is 2.58. The molecule has 3 aliphatic heterocycles. The molecule has 11 heteroatoms. The number of carbonyl (C=O) groups is 3. The Hall–Kier alpha value is -4.29. The molecule has 7 rings (SSSR count). The fraction of sp³-hybridized carbons (Fsp3) is 0.361. The van der Waals surface area contributed by atoms with Gasteiger partial charge in [0.15, 0.2) is 13.9 Å². The molecule has 5 atom stereocenters. The summed E-state index contributed by atoms with van der Waals surface area (Å²) < 4.78 is 6.73. The quantitative estimate of drug-likeness (QED) is 0.187. The Kier molecular flexibility index (Phi) is 7.83. The van der Waals surface area contributed by atoms with Crippen LogP contribution in [0.25, 0.3) is 10.9 Å². The molecule has 47 heavy (non-hydrogen) atoms. The van der Waals surface area contributed by atoms with Gasteiger partial charge in [-0.2, -0.15) is 0 Å². The average Bonchev–Trinajstić information content (AvgIpc) is 3.67. The summed E-state index contributed by atoms with van der Waals surface area (Å²) in [5, 5.41) is 17.1. The molecule has 0 radical (unpaired) electrons. The number of amides is 3. The second-order valence-electron chi connectivity index (χ2n) is 13.7. The van der Waals surface area contributed by atoms with E-state index in [4.69, 9.17) is 4.74 Å². The molecular weight excluding hydrogens is 613 g/mol. The number of para-hydroxylation sites is 1. The molecule has 4 aromatic rings. The van der Waals surface area contributed by atoms with E-state index < -0.39 is 31.5 Å². The molecule has 3 amide bonds. The van der Waals surface area contributed by atoms with Crippen molar-refractivity contribution < 1.29 is 29.0 Å². The third kappa shape index (κ3) is 5.37. The van der Waals surface area contributed by atoms with E-state index in [-0.39, 0.29) is 43.2 Å². The summed E-state index contributed by atoms with van der Waals surface area (Å²) >= 11 is 0. The van der Waals surface area contributed by atoms with Crippen molar-refractivity contribution in [1.29, 1.82) is 0 Å². The van der Waals surface area contributed by atoms with Crippen molar-refractivity contribution in [3.05, 3.63) is 95.2 Å². The van der Waals surface area contributed by atoms with Gasteiger partial charge in [0.25, 0.3) is 5.91 Å². The topological polar surface area (TPSA) is 144 Å². The van der Waals surface area contributed by atoms with Crippen molar-refractivity contribution in [3.8, 4) is 0 Å². The van der Waals surface area contributed by atoms with E-state index in [1.54, 1.807) is 23.1 Å². The number of hydrogen-bond donors (Lipinski definition) is 5. The van der Waals surface area contributed by atoms with Gasteiger partial charge in [0.05, 0.1) is 31.6 Å². The second kappa shape index (κ2) is 11.7. The zero-order chi connectivity index (χ0) is 33.1. The van der Waals surface area contributed by atoms with Crippen LogP contribution >= 0.6 is 0 Å². The van der Waals surface area contributed by atoms with Gasteiger partial charge in [-0.05, 0) is 60.5 Å². The number of aliphatic hydroxyl groups is 1. The molecule has 3 aliphatic rings. The van der Waals surface area contributed by atoms with Crippen molar-refractivity contribution in [1.82, 2.24) is 9.88 Å². The minimum Gasteiger partial charge on any atom is -0.432 e. The number of aromatic amines is 1. The Morgan fingerprint density at radius 3 is 2.60 bits per heavy atom. The lowest BCUT2D eigenvalue weighted by atomic mass is 9.82. The van der Waals surface area contributed by atoms with Crippen LogP contribution in [0.2, 0.25) is 18.6 Å². The Balaban J connectivity index is 1.15. The highest BCUT2D eigenvalue weighted by Gasteiger charge is 2.65. The van der Waals surface area contributed by atoms with Crippen LogP contribution in [-0.4, -0.2) is 64.6 Å². The lowest BCUT2D eigenvalue weighted by Crippen LogP contribution is -2.48. The number of carbonyl (C=O) groups excluding carboxylic acids is 3. The van der Waals surface area contributed by atoms with Gasteiger partial charge in [0, 0.05) is 52.0 Å². The van der Waals surface area contributed by atoms with Crippen LogP contribution in [0.3, 0.4) is 0 Å². The summed E-state index contributed by atoms with van der Waals surface area (Å²) in [4.78, 5) is 57.4. The number of anilines is 2. The molecule has 0 unspecified atom stereocenters. The van der Waals surface area contributed by atoms with Gasteiger partial charge in [-0.25, -0.2) is 0 Å². The second-order valence-corrected chi connectivity index (χ2v) is 17.7. The summed E-state index contributed by atoms with van der Waals surface area (Å²) in [5.74, 6) is -1.19. The first-order valence-corrected chi connectivity index (χ1v) is 19.2. The Morgan fingerprint density at radius 1 is 1.09 bits per heavy atom. The van der Waals surface area contributed by atoms with Crippen LogP contribution in [0.5, 0.6) is 0 Å². The average molecular weight is 653 g/mol. The number of benzene rings is 3. The highest BCUT2D eigenvalue weighted by molar-refractivity contribution is 6.71. The molecule has 10 nitrogen and oxygen atoms in total. The van der Waals surface area contributed by atoms with Gasteiger partial charge in [-0.3, -0.25) is 14.4 Å². The normalized spacial score (nSPS) is 25.1. The maximum atomic E-state index is 13.9. The van der Waals surface area contributed by atoms with Crippen molar-refractivity contribution in [2.45, 2.75) is 69.1 Å². The summed E-state index contributed by atoms with van der Waals surface area (Å²) in [7, 11) is -2.99. The van der Waals surface area contributed by atoms with Crippen LogP contribution in [0.1, 0.15) is 35.6 Å². The monoisotopic (exact) mass is 652 g/mol. The molecule has 0 saturated carbocycles. The number of nitrogens with one attached hydrogen (secondary N) is 3. The number of fused-ring (bicyclic) bond motifs is 4. The molecular formula is C36H40N4O6Si. The van der Waals surface area contributed by atoms with E-state index in [0.29, 0.717) is 29.9 Å². The summed E-state index contributed by atoms with van der Waals surface area (Å²) in [6.07, 6.45) is 1.81. The smallest absolute Gasteiger partial charge is 0.261 e. The first-order chi connectivity index (χ1) is 22.5. The van der Waals surface area contributed by atoms with E-state index in [9.17, 15) is 24.3 Å². The zero-order valence-corrected chi connectivity index (χ0v) is 27.7. The Bertz CT molecular complexity index is 1880. The van der Waals surface area contributed by atoms with Gasteiger partial charge in [0.2, 0.25) is 11.8 Å². The van der Waals surface area contributed by atoms with Gasteiger partial charge in [-0.1, -0.05) is 49.4 Å². The molecule has 0 bridgehead atoms. The van der Waals surface area contributed by atoms with Crippen molar-refractivity contribution in [2.24, 2.45) is 5.92 Å². The summed E-state index contributed by atoms with van der Waals surface area (Å²) in [6, 6.07) is 20.6. The minimum absolute atomic E-state index is 0.0317. The molecule has 5 N–H and O–H groups in total. The number of H-pyrrole nitrogens is 1. The third-order valence-electron chi connectivity index (χ3n) is 10.3. The van der Waals surface area contributed by atoms with Crippen LogP contribution in [-0.2, 0) is 44.1 Å². The maximum absolute atomic E-state index is 13.9. The predicted molar refractivity (Wildman–Crippen MR) is 181 cm³/mol. The van der Waals surface area contributed by atoms with E-state index in [2.05, 4.69) is 15.6 Å². The van der Waals surface area contributed by atoms with Crippen LogP contribution < -0.4 is 10.6 Å². The Morgan fingerprint density at radius 2 is 1.83 bits per heavy atom. The van der Waals surface area contributed by atoms with E-state index >= 15 is 0 Å². The van der Waals surface area contributed by atoms with Crippen LogP contribution in [0, 0.1) is 5.92 Å². The molecule has 1 saturated heterocycles. The fourth-order valence-electron chi connectivity index (χ4n) is 8.16. The third-order valence-corrected chi connectivity index (χ3v) is 12.8. The lowest BCUT2D eigenvalue weighted by molar-refractivity contribution is -0.149. The standard InChI is InChI=1S/C36H40N4O6Si/c1-21-34(47(2,3)45)31(17-33(43)40-19-23-9-5-4-8-22(23)14-26(40)20-41)46-36(21)28-16-25(12-13-30(28)39-35(36)44)38-32(42)15-24-18-37-29-11-7-6-10-27(24)29/h4-13,16,18,21,26,31,34,37,41,45H,14-15,17,19-20H2,1-3H3,(H,38,42)(H,39,44)/t21-,26-,31+,34-,36+/m0/s1. The van der Waals surface area contributed by atoms with Crippen LogP contribution in [0.15, 0.2) is 72.9 Å². The first kappa shape index (κ1) is 31.3. The predicted octanol–water partition coefficient (Wildman–Crippen LogP) is 4.43. The van der Waals surface area contributed by atoms with Crippen LogP contribution in [0.4, 0.5) is 11.4 Å². The number of nitrogens with zero attached hydrogens (tertiary/aromatic N) is 1. The number of rotatable bonds is 7. The molecule has 1 fully saturated rings. The van der Waals surface area contributed by atoms with E-state index in [1.807, 2.05) is 74.7 Å². The van der Waals surface area contributed by atoms with Gasteiger partial charge >= 0.3 is 0 Å². The molecule has 1 spiro atoms. The lowest BCUT2D eigenvalue weighted by Gasteiger charge is -2.37. The number of hydrogen-bond acceptors (Lipinski definition) is 6. The number of aromatic nitrogens is 1. The first-order valence-electron chi connectivity index (χ1n) is 16.2. The Labute approximate surface area is 274 Å². The SMILES string of the molecule is C[C@H]1[C@H]([Si](C)(C)O)[C@@H](CC(=O)N2Cc3ccccc3C[C@H]2CO)O[C@]12C(=O)Nc1ccc(NC(=O)Cc3c[nH]c4ccccc34)cc12. The van der Waals surface area contributed by atoms with Crippen molar-refractivity contribution >= 4 is 48.3 Å². The maximum Gasteiger partial charge on any atom is 0.261 e. The largest absolute Gasteiger partial charge is 0.432 e. The molecule has 4 heterocycles. The number of ether oxygens (including phenoxy) is 1. The molecule has 3 aromatic carbocycles.